The molecule has 0 saturated carbocycles. The highest BCUT2D eigenvalue weighted by Gasteiger charge is 2.11. The Morgan fingerprint density at radius 3 is 2.57 bits per heavy atom. The number of nitro groups is 1. The second-order valence-electron chi connectivity index (χ2n) is 4.19. The smallest absolute Gasteiger partial charge is 0.288 e. The molecule has 0 unspecified atom stereocenters. The number of nitrogens with zero attached hydrogens (tertiary/aromatic N) is 2. The molecular formula is C14H11Cl2N3O2. The Bertz CT molecular complexity index is 672. The standard InChI is InChI=1S/C14H11Cl2N3O2/c15-12-4-1-10(2-5-12)8-17-18-9-11-3-6-13(16)14(7-11)19(20)21/h1-7,9,17H,8H2/b18-9-. The number of rotatable bonds is 5. The van der Waals surface area contributed by atoms with Gasteiger partial charge >= 0.3 is 0 Å². The molecule has 2 aromatic rings. The summed E-state index contributed by atoms with van der Waals surface area (Å²) in [5.74, 6) is 0. The highest BCUT2D eigenvalue weighted by molar-refractivity contribution is 6.32. The van der Waals surface area contributed by atoms with Crippen LogP contribution in [0.3, 0.4) is 0 Å². The van der Waals surface area contributed by atoms with E-state index in [0.717, 1.165) is 5.56 Å². The van der Waals surface area contributed by atoms with Crippen LogP contribution in [0.5, 0.6) is 0 Å². The van der Waals surface area contributed by atoms with Crippen LogP contribution in [-0.2, 0) is 6.54 Å². The van der Waals surface area contributed by atoms with Gasteiger partial charge in [-0.25, -0.2) is 0 Å². The van der Waals surface area contributed by atoms with Crippen molar-refractivity contribution in [2.24, 2.45) is 5.10 Å². The Morgan fingerprint density at radius 1 is 1.19 bits per heavy atom. The summed E-state index contributed by atoms with van der Waals surface area (Å²) in [5.41, 5.74) is 4.33. The lowest BCUT2D eigenvalue weighted by Gasteiger charge is -2.01. The second kappa shape index (κ2) is 7.06. The number of hydrazone groups is 1. The van der Waals surface area contributed by atoms with Gasteiger partial charge in [-0.05, 0) is 23.8 Å². The maximum absolute atomic E-state index is 10.8. The first-order valence-electron chi connectivity index (χ1n) is 6.00. The van der Waals surface area contributed by atoms with Gasteiger partial charge in [0.25, 0.3) is 5.69 Å². The third-order valence-corrected chi connectivity index (χ3v) is 3.24. The minimum atomic E-state index is -0.527. The van der Waals surface area contributed by atoms with Crippen LogP contribution in [0, 0.1) is 10.1 Å². The number of benzene rings is 2. The van der Waals surface area contributed by atoms with Gasteiger partial charge in [0.2, 0.25) is 0 Å². The lowest BCUT2D eigenvalue weighted by atomic mass is 10.2. The zero-order valence-electron chi connectivity index (χ0n) is 10.8. The lowest BCUT2D eigenvalue weighted by molar-refractivity contribution is -0.384. The average Bonchev–Trinajstić information content (AvgIpc) is 2.46. The molecule has 108 valence electrons. The maximum atomic E-state index is 10.8. The van der Waals surface area contributed by atoms with Crippen LogP contribution in [0.1, 0.15) is 11.1 Å². The van der Waals surface area contributed by atoms with Gasteiger partial charge in [-0.15, -0.1) is 0 Å². The minimum Gasteiger partial charge on any atom is -0.306 e. The Morgan fingerprint density at radius 2 is 1.90 bits per heavy atom. The largest absolute Gasteiger partial charge is 0.306 e. The molecular weight excluding hydrogens is 313 g/mol. The summed E-state index contributed by atoms with van der Waals surface area (Å²) < 4.78 is 0. The number of hydrogen-bond acceptors (Lipinski definition) is 4. The van der Waals surface area contributed by atoms with Gasteiger partial charge in [0.1, 0.15) is 5.02 Å². The van der Waals surface area contributed by atoms with Crippen molar-refractivity contribution >= 4 is 35.1 Å². The SMILES string of the molecule is O=[N+]([O-])c1cc(/C=N\NCc2ccc(Cl)cc2)ccc1Cl. The van der Waals surface area contributed by atoms with Crippen molar-refractivity contribution in [2.75, 3.05) is 0 Å². The number of hydrogen-bond donors (Lipinski definition) is 1. The van der Waals surface area contributed by atoms with E-state index in [1.54, 1.807) is 18.2 Å². The maximum Gasteiger partial charge on any atom is 0.288 e. The fraction of sp³-hybridized carbons (Fsp3) is 0.0714. The van der Waals surface area contributed by atoms with Gasteiger partial charge in [-0.1, -0.05) is 41.4 Å². The molecule has 21 heavy (non-hydrogen) atoms. The summed E-state index contributed by atoms with van der Waals surface area (Å²) in [7, 11) is 0. The topological polar surface area (TPSA) is 67.5 Å². The molecule has 0 aliphatic carbocycles. The zero-order chi connectivity index (χ0) is 15.2. The van der Waals surface area contributed by atoms with Crippen LogP contribution < -0.4 is 5.43 Å². The second-order valence-corrected chi connectivity index (χ2v) is 5.03. The monoisotopic (exact) mass is 323 g/mol. The van der Waals surface area contributed by atoms with Gasteiger partial charge in [-0.2, -0.15) is 5.10 Å². The number of halogens is 2. The molecule has 0 fully saturated rings. The van der Waals surface area contributed by atoms with Gasteiger partial charge < -0.3 is 5.43 Å². The highest BCUT2D eigenvalue weighted by atomic mass is 35.5. The first kappa shape index (κ1) is 15.3. The summed E-state index contributed by atoms with van der Waals surface area (Å²) in [6.07, 6.45) is 1.50. The van der Waals surface area contributed by atoms with Crippen LogP contribution in [0.2, 0.25) is 10.0 Å². The number of nitro benzene ring substituents is 1. The molecule has 0 heterocycles. The van der Waals surface area contributed by atoms with E-state index in [-0.39, 0.29) is 10.7 Å². The first-order valence-corrected chi connectivity index (χ1v) is 6.76. The fourth-order valence-electron chi connectivity index (χ4n) is 1.61. The lowest BCUT2D eigenvalue weighted by Crippen LogP contribution is -2.05. The van der Waals surface area contributed by atoms with Crippen LogP contribution >= 0.6 is 23.2 Å². The Kier molecular flexibility index (Phi) is 5.14. The van der Waals surface area contributed by atoms with E-state index < -0.39 is 4.92 Å². The molecule has 0 saturated heterocycles. The average molecular weight is 324 g/mol. The van der Waals surface area contributed by atoms with Crippen molar-refractivity contribution in [3.8, 4) is 0 Å². The van der Waals surface area contributed by atoms with Gasteiger partial charge in [-0.3, -0.25) is 10.1 Å². The molecule has 0 aromatic heterocycles. The summed E-state index contributed by atoms with van der Waals surface area (Å²) in [6.45, 7) is 0.531. The highest BCUT2D eigenvalue weighted by Crippen LogP contribution is 2.24. The van der Waals surface area contributed by atoms with Crippen molar-refractivity contribution in [1.82, 2.24) is 5.43 Å². The Balaban J connectivity index is 1.97. The molecule has 2 rings (SSSR count). The molecule has 5 nitrogen and oxygen atoms in total. The molecule has 7 heteroatoms. The van der Waals surface area contributed by atoms with Crippen LogP contribution in [0.4, 0.5) is 5.69 Å². The van der Waals surface area contributed by atoms with E-state index in [0.29, 0.717) is 17.1 Å². The molecule has 1 N–H and O–H groups in total. The quantitative estimate of drug-likeness (QED) is 0.513. The van der Waals surface area contributed by atoms with Crippen molar-refractivity contribution in [3.63, 3.8) is 0 Å². The molecule has 0 atom stereocenters. The molecule has 2 aromatic carbocycles. The minimum absolute atomic E-state index is 0.103. The van der Waals surface area contributed by atoms with Crippen molar-refractivity contribution in [2.45, 2.75) is 6.54 Å². The van der Waals surface area contributed by atoms with E-state index in [9.17, 15) is 10.1 Å². The molecule has 0 amide bonds. The zero-order valence-corrected chi connectivity index (χ0v) is 12.3. The number of nitrogens with one attached hydrogen (secondary N) is 1. The van der Waals surface area contributed by atoms with Crippen LogP contribution in [0.25, 0.3) is 0 Å². The van der Waals surface area contributed by atoms with Crippen LogP contribution in [0.15, 0.2) is 47.6 Å². The summed E-state index contributed by atoms with van der Waals surface area (Å²) in [6, 6.07) is 11.9. The predicted molar refractivity (Wildman–Crippen MR) is 84.0 cm³/mol. The third kappa shape index (κ3) is 4.44. The van der Waals surface area contributed by atoms with E-state index in [1.165, 1.54) is 18.3 Å². The van der Waals surface area contributed by atoms with Crippen LogP contribution in [-0.4, -0.2) is 11.1 Å². The van der Waals surface area contributed by atoms with Gasteiger partial charge in [0.05, 0.1) is 17.7 Å². The van der Waals surface area contributed by atoms with E-state index in [4.69, 9.17) is 23.2 Å². The molecule has 0 bridgehead atoms. The normalized spacial score (nSPS) is 10.8. The first-order chi connectivity index (χ1) is 10.1. The Labute approximate surface area is 131 Å². The van der Waals surface area contributed by atoms with Crippen molar-refractivity contribution in [3.05, 3.63) is 73.8 Å². The molecule has 0 aliphatic heterocycles. The third-order valence-electron chi connectivity index (χ3n) is 2.67. The van der Waals surface area contributed by atoms with Crippen molar-refractivity contribution in [1.29, 1.82) is 0 Å². The van der Waals surface area contributed by atoms with Gasteiger partial charge in [0, 0.05) is 16.7 Å². The summed E-state index contributed by atoms with van der Waals surface area (Å²) in [5, 5.41) is 15.6. The summed E-state index contributed by atoms with van der Waals surface area (Å²) >= 11 is 11.5. The van der Waals surface area contributed by atoms with E-state index in [2.05, 4.69) is 10.5 Å². The van der Waals surface area contributed by atoms with E-state index >= 15 is 0 Å². The van der Waals surface area contributed by atoms with E-state index in [1.807, 2.05) is 12.1 Å². The molecule has 0 radical (unpaired) electrons. The Hall–Kier alpha value is -2.11. The van der Waals surface area contributed by atoms with Gasteiger partial charge in [0.15, 0.2) is 0 Å². The summed E-state index contributed by atoms with van der Waals surface area (Å²) in [4.78, 5) is 10.2. The fourth-order valence-corrected chi connectivity index (χ4v) is 1.92. The molecule has 0 aliphatic rings. The predicted octanol–water partition coefficient (Wildman–Crippen LogP) is 4.03. The molecule has 0 spiro atoms. The van der Waals surface area contributed by atoms with Crippen molar-refractivity contribution < 1.29 is 4.92 Å².